The molecule has 2 amide bonds. The zero-order chi connectivity index (χ0) is 13.7. The standard InChI is InChI=1S/C14H25N3O2.ClH/c1-15-7-6-13(18)17-8-2-3-12(10-17)14(19)16-9-11-4-5-11;/h11-12,15H,2-10H2,1H3,(H,16,19);1H. The van der Waals surface area contributed by atoms with Crippen molar-refractivity contribution in [3.8, 4) is 0 Å². The summed E-state index contributed by atoms with van der Waals surface area (Å²) in [6.07, 6.45) is 4.87. The first-order chi connectivity index (χ1) is 9.20. The third-order valence-corrected chi connectivity index (χ3v) is 4.00. The molecule has 6 heteroatoms. The summed E-state index contributed by atoms with van der Waals surface area (Å²) < 4.78 is 0. The molecular formula is C14H26ClN3O2. The third-order valence-electron chi connectivity index (χ3n) is 4.00. The van der Waals surface area contributed by atoms with Crippen molar-refractivity contribution in [3.05, 3.63) is 0 Å². The van der Waals surface area contributed by atoms with Crippen molar-refractivity contribution in [1.29, 1.82) is 0 Å². The van der Waals surface area contributed by atoms with Crippen molar-refractivity contribution in [1.82, 2.24) is 15.5 Å². The van der Waals surface area contributed by atoms with Gasteiger partial charge in [-0.2, -0.15) is 0 Å². The fourth-order valence-electron chi connectivity index (χ4n) is 2.52. The summed E-state index contributed by atoms with van der Waals surface area (Å²) in [5.41, 5.74) is 0. The van der Waals surface area contributed by atoms with Crippen LogP contribution < -0.4 is 10.6 Å². The molecule has 0 radical (unpaired) electrons. The molecular weight excluding hydrogens is 278 g/mol. The van der Waals surface area contributed by atoms with Crippen LogP contribution in [0, 0.1) is 11.8 Å². The number of piperidine rings is 1. The van der Waals surface area contributed by atoms with E-state index < -0.39 is 0 Å². The van der Waals surface area contributed by atoms with Crippen molar-refractivity contribution < 1.29 is 9.59 Å². The quantitative estimate of drug-likeness (QED) is 0.762. The summed E-state index contributed by atoms with van der Waals surface area (Å²) in [6, 6.07) is 0. The summed E-state index contributed by atoms with van der Waals surface area (Å²) in [4.78, 5) is 25.9. The van der Waals surface area contributed by atoms with Gasteiger partial charge < -0.3 is 15.5 Å². The molecule has 1 unspecified atom stereocenters. The maximum atomic E-state index is 12.1. The highest BCUT2D eigenvalue weighted by Crippen LogP contribution is 2.27. The van der Waals surface area contributed by atoms with Crippen LogP contribution in [0.3, 0.4) is 0 Å². The van der Waals surface area contributed by atoms with Gasteiger partial charge in [-0.1, -0.05) is 0 Å². The molecule has 5 nitrogen and oxygen atoms in total. The lowest BCUT2D eigenvalue weighted by Crippen LogP contribution is -2.46. The maximum Gasteiger partial charge on any atom is 0.224 e. The van der Waals surface area contributed by atoms with Gasteiger partial charge in [0.2, 0.25) is 11.8 Å². The molecule has 0 aromatic rings. The molecule has 1 heterocycles. The van der Waals surface area contributed by atoms with E-state index >= 15 is 0 Å². The number of likely N-dealkylation sites (tertiary alicyclic amines) is 1. The van der Waals surface area contributed by atoms with Crippen molar-refractivity contribution >= 4 is 24.2 Å². The van der Waals surface area contributed by atoms with Gasteiger partial charge >= 0.3 is 0 Å². The molecule has 1 saturated heterocycles. The number of nitrogens with one attached hydrogen (secondary N) is 2. The second-order valence-corrected chi connectivity index (χ2v) is 5.72. The second kappa shape index (κ2) is 8.47. The lowest BCUT2D eigenvalue weighted by atomic mass is 9.97. The highest BCUT2D eigenvalue weighted by atomic mass is 35.5. The minimum atomic E-state index is -0.00830. The van der Waals surface area contributed by atoms with E-state index in [1.54, 1.807) is 0 Å². The summed E-state index contributed by atoms with van der Waals surface area (Å²) in [5, 5.41) is 6.01. The van der Waals surface area contributed by atoms with E-state index in [2.05, 4.69) is 10.6 Å². The van der Waals surface area contributed by atoms with Gasteiger partial charge in [0.1, 0.15) is 0 Å². The number of carbonyl (C=O) groups excluding carboxylic acids is 2. The van der Waals surface area contributed by atoms with E-state index in [1.807, 2.05) is 11.9 Å². The Morgan fingerprint density at radius 1 is 1.25 bits per heavy atom. The van der Waals surface area contributed by atoms with Crippen LogP contribution in [0.5, 0.6) is 0 Å². The number of carbonyl (C=O) groups is 2. The van der Waals surface area contributed by atoms with Gasteiger partial charge in [0, 0.05) is 32.6 Å². The van der Waals surface area contributed by atoms with Gasteiger partial charge in [0.25, 0.3) is 0 Å². The SMILES string of the molecule is CNCCC(=O)N1CCCC(C(=O)NCC2CC2)C1.Cl. The smallest absolute Gasteiger partial charge is 0.224 e. The van der Waals surface area contributed by atoms with Gasteiger partial charge in [0.05, 0.1) is 5.92 Å². The van der Waals surface area contributed by atoms with Crippen LogP contribution in [-0.2, 0) is 9.59 Å². The molecule has 1 aliphatic carbocycles. The van der Waals surface area contributed by atoms with Gasteiger partial charge in [-0.3, -0.25) is 9.59 Å². The predicted octanol–water partition coefficient (Wildman–Crippen LogP) is 0.782. The fraction of sp³-hybridized carbons (Fsp3) is 0.857. The molecule has 116 valence electrons. The first-order valence-electron chi connectivity index (χ1n) is 7.40. The Morgan fingerprint density at radius 2 is 2.00 bits per heavy atom. The first kappa shape index (κ1) is 17.2. The Bertz CT molecular complexity index is 334. The Balaban J connectivity index is 0.00000200. The lowest BCUT2D eigenvalue weighted by Gasteiger charge is -2.32. The highest BCUT2D eigenvalue weighted by molar-refractivity contribution is 5.85. The summed E-state index contributed by atoms with van der Waals surface area (Å²) >= 11 is 0. The molecule has 2 rings (SSSR count). The Morgan fingerprint density at radius 3 is 2.65 bits per heavy atom. The number of halogens is 1. The number of amides is 2. The van der Waals surface area contributed by atoms with E-state index in [9.17, 15) is 9.59 Å². The lowest BCUT2D eigenvalue weighted by molar-refractivity contribution is -0.135. The second-order valence-electron chi connectivity index (χ2n) is 5.72. The van der Waals surface area contributed by atoms with Crippen LogP contribution in [0.4, 0.5) is 0 Å². The molecule has 1 aliphatic heterocycles. The number of nitrogens with zero attached hydrogens (tertiary/aromatic N) is 1. The minimum absolute atomic E-state index is 0. The van der Waals surface area contributed by atoms with Crippen molar-refractivity contribution in [2.75, 3.05) is 33.2 Å². The van der Waals surface area contributed by atoms with E-state index in [4.69, 9.17) is 0 Å². The van der Waals surface area contributed by atoms with E-state index in [1.165, 1.54) is 12.8 Å². The molecule has 0 aromatic heterocycles. The Hall–Kier alpha value is -0.810. The monoisotopic (exact) mass is 303 g/mol. The molecule has 1 atom stereocenters. The molecule has 2 N–H and O–H groups in total. The highest BCUT2D eigenvalue weighted by Gasteiger charge is 2.29. The number of hydrogen-bond acceptors (Lipinski definition) is 3. The van der Waals surface area contributed by atoms with Crippen molar-refractivity contribution in [2.24, 2.45) is 11.8 Å². The van der Waals surface area contributed by atoms with E-state index in [0.29, 0.717) is 25.4 Å². The van der Waals surface area contributed by atoms with Crippen LogP contribution in [0.15, 0.2) is 0 Å². The van der Waals surface area contributed by atoms with Gasteiger partial charge in [-0.15, -0.1) is 12.4 Å². The molecule has 0 spiro atoms. The Kier molecular flexibility index (Phi) is 7.30. The van der Waals surface area contributed by atoms with E-state index in [0.717, 1.165) is 25.9 Å². The van der Waals surface area contributed by atoms with Crippen LogP contribution in [0.2, 0.25) is 0 Å². The maximum absolute atomic E-state index is 12.1. The molecule has 0 bridgehead atoms. The topological polar surface area (TPSA) is 61.4 Å². The van der Waals surface area contributed by atoms with Crippen molar-refractivity contribution in [3.63, 3.8) is 0 Å². The average molecular weight is 304 g/mol. The zero-order valence-corrected chi connectivity index (χ0v) is 13.0. The third kappa shape index (κ3) is 5.29. The Labute approximate surface area is 127 Å². The number of rotatable bonds is 6. The molecule has 1 saturated carbocycles. The fourth-order valence-corrected chi connectivity index (χ4v) is 2.52. The molecule has 0 aromatic carbocycles. The normalized spacial score (nSPS) is 22.1. The van der Waals surface area contributed by atoms with Gasteiger partial charge in [0.15, 0.2) is 0 Å². The average Bonchev–Trinajstić information content (AvgIpc) is 3.26. The largest absolute Gasteiger partial charge is 0.356 e. The minimum Gasteiger partial charge on any atom is -0.356 e. The predicted molar refractivity (Wildman–Crippen MR) is 80.8 cm³/mol. The molecule has 2 aliphatic rings. The molecule has 2 fully saturated rings. The van der Waals surface area contributed by atoms with Gasteiger partial charge in [-0.05, 0) is 38.6 Å². The zero-order valence-electron chi connectivity index (χ0n) is 12.2. The van der Waals surface area contributed by atoms with E-state index in [-0.39, 0.29) is 30.1 Å². The van der Waals surface area contributed by atoms with Crippen LogP contribution in [-0.4, -0.2) is 49.9 Å². The summed E-state index contributed by atoms with van der Waals surface area (Å²) in [6.45, 7) is 2.92. The van der Waals surface area contributed by atoms with Crippen LogP contribution >= 0.6 is 12.4 Å². The van der Waals surface area contributed by atoms with Crippen LogP contribution in [0.1, 0.15) is 32.1 Å². The summed E-state index contributed by atoms with van der Waals surface area (Å²) in [7, 11) is 1.84. The first-order valence-corrected chi connectivity index (χ1v) is 7.40. The molecule has 20 heavy (non-hydrogen) atoms. The van der Waals surface area contributed by atoms with Crippen molar-refractivity contribution in [2.45, 2.75) is 32.1 Å². The van der Waals surface area contributed by atoms with Gasteiger partial charge in [-0.25, -0.2) is 0 Å². The summed E-state index contributed by atoms with van der Waals surface area (Å²) in [5.74, 6) is 0.999. The van der Waals surface area contributed by atoms with Crippen LogP contribution in [0.25, 0.3) is 0 Å². The number of hydrogen-bond donors (Lipinski definition) is 2.